The zero-order chi connectivity index (χ0) is 10.1. The molecule has 2 aromatic heterocycles. The predicted molar refractivity (Wildman–Crippen MR) is 60.0 cm³/mol. The van der Waals surface area contributed by atoms with Gasteiger partial charge in [-0.1, -0.05) is 12.7 Å². The van der Waals surface area contributed by atoms with Crippen molar-refractivity contribution in [2.45, 2.75) is 0 Å². The van der Waals surface area contributed by atoms with E-state index in [4.69, 9.17) is 0 Å². The molecule has 14 heavy (non-hydrogen) atoms. The van der Waals surface area contributed by atoms with E-state index in [1.54, 1.807) is 12.3 Å². The monoisotopic (exact) mass is 185 g/mol. The van der Waals surface area contributed by atoms with Crippen LogP contribution in [0.3, 0.4) is 0 Å². The van der Waals surface area contributed by atoms with E-state index in [0.29, 0.717) is 0 Å². The van der Waals surface area contributed by atoms with Crippen LogP contribution in [0.1, 0.15) is 5.56 Å². The first-order valence-corrected chi connectivity index (χ1v) is 4.32. The normalized spacial score (nSPS) is 10.4. The van der Waals surface area contributed by atoms with Crippen molar-refractivity contribution < 1.29 is 0 Å². The molecule has 0 bridgehead atoms. The zero-order valence-electron chi connectivity index (χ0n) is 8.07. The maximum absolute atomic E-state index is 4.29. The van der Waals surface area contributed by atoms with Crippen LogP contribution in [0.5, 0.6) is 0 Å². The molecule has 0 radical (unpaired) electrons. The number of hydrogen-bond acceptors (Lipinski definition) is 2. The Hall–Kier alpha value is -1.90. The molecule has 0 N–H and O–H groups in total. The molecule has 0 aliphatic heterocycles. The highest BCUT2D eigenvalue weighted by atomic mass is 15.1. The van der Waals surface area contributed by atoms with Gasteiger partial charge in [0, 0.05) is 24.2 Å². The Kier molecular flexibility index (Phi) is 1.93. The summed E-state index contributed by atoms with van der Waals surface area (Å²) in [5, 5.41) is 1.06. The highest BCUT2D eigenvalue weighted by Gasteiger charge is 2.11. The SMILES string of the molecule is C=Cc1c(N=C)n(C)c2ncccc12. The smallest absolute Gasteiger partial charge is 0.141 e. The highest BCUT2D eigenvalue weighted by Crippen LogP contribution is 2.30. The summed E-state index contributed by atoms with van der Waals surface area (Å²) in [6.45, 7) is 7.32. The van der Waals surface area contributed by atoms with Crippen molar-refractivity contribution >= 4 is 29.6 Å². The molecule has 3 nitrogen and oxygen atoms in total. The molecule has 0 amide bonds. The summed E-state index contributed by atoms with van der Waals surface area (Å²) in [7, 11) is 1.92. The van der Waals surface area contributed by atoms with Crippen molar-refractivity contribution in [2.75, 3.05) is 0 Å². The first kappa shape index (κ1) is 8.69. The summed E-state index contributed by atoms with van der Waals surface area (Å²) in [5.74, 6) is 0.814. The van der Waals surface area contributed by atoms with Crippen molar-refractivity contribution in [3.05, 3.63) is 30.5 Å². The predicted octanol–water partition coefficient (Wildman–Crippen LogP) is 2.55. The number of pyridine rings is 1. The first-order valence-electron chi connectivity index (χ1n) is 4.32. The lowest BCUT2D eigenvalue weighted by molar-refractivity contribution is 0.946. The Morgan fingerprint density at radius 2 is 2.36 bits per heavy atom. The van der Waals surface area contributed by atoms with Crippen molar-refractivity contribution in [3.8, 4) is 0 Å². The average molecular weight is 185 g/mol. The van der Waals surface area contributed by atoms with Crippen molar-refractivity contribution in [1.29, 1.82) is 0 Å². The molecule has 0 saturated heterocycles. The topological polar surface area (TPSA) is 30.2 Å². The number of fused-ring (bicyclic) bond motifs is 1. The third kappa shape index (κ3) is 0.988. The molecular weight excluding hydrogens is 174 g/mol. The summed E-state index contributed by atoms with van der Waals surface area (Å²) in [5.41, 5.74) is 1.90. The van der Waals surface area contributed by atoms with Crippen LogP contribution < -0.4 is 0 Å². The number of nitrogens with zero attached hydrogens (tertiary/aromatic N) is 3. The molecule has 0 fully saturated rings. The van der Waals surface area contributed by atoms with E-state index < -0.39 is 0 Å². The first-order chi connectivity index (χ1) is 6.79. The lowest BCUT2D eigenvalue weighted by Gasteiger charge is -1.96. The van der Waals surface area contributed by atoms with Gasteiger partial charge in [-0.25, -0.2) is 9.98 Å². The summed E-state index contributed by atoms with van der Waals surface area (Å²) >= 11 is 0. The van der Waals surface area contributed by atoms with E-state index in [2.05, 4.69) is 23.3 Å². The van der Waals surface area contributed by atoms with Crippen LogP contribution in [0.25, 0.3) is 17.1 Å². The number of aryl methyl sites for hydroxylation is 1. The van der Waals surface area contributed by atoms with E-state index in [-0.39, 0.29) is 0 Å². The van der Waals surface area contributed by atoms with E-state index in [1.807, 2.05) is 23.7 Å². The van der Waals surface area contributed by atoms with Gasteiger partial charge in [0.25, 0.3) is 0 Å². The van der Waals surface area contributed by atoms with Crippen molar-refractivity contribution in [2.24, 2.45) is 12.0 Å². The van der Waals surface area contributed by atoms with Crippen LogP contribution >= 0.6 is 0 Å². The fourth-order valence-electron chi connectivity index (χ4n) is 1.67. The molecule has 0 saturated carbocycles. The van der Waals surface area contributed by atoms with E-state index in [0.717, 1.165) is 22.4 Å². The summed E-state index contributed by atoms with van der Waals surface area (Å²) in [6, 6.07) is 3.91. The molecule has 2 aromatic rings. The van der Waals surface area contributed by atoms with Crippen LogP contribution in [-0.2, 0) is 7.05 Å². The fourth-order valence-corrected chi connectivity index (χ4v) is 1.67. The van der Waals surface area contributed by atoms with Gasteiger partial charge in [0.1, 0.15) is 11.5 Å². The summed E-state index contributed by atoms with van der Waals surface area (Å²) < 4.78 is 1.92. The minimum atomic E-state index is 0.814. The molecule has 0 spiro atoms. The van der Waals surface area contributed by atoms with Gasteiger partial charge < -0.3 is 4.57 Å². The van der Waals surface area contributed by atoms with Gasteiger partial charge in [0.2, 0.25) is 0 Å². The van der Waals surface area contributed by atoms with Gasteiger partial charge in [-0.2, -0.15) is 0 Å². The maximum Gasteiger partial charge on any atom is 0.141 e. The molecule has 3 heteroatoms. The van der Waals surface area contributed by atoms with E-state index >= 15 is 0 Å². The van der Waals surface area contributed by atoms with Crippen molar-refractivity contribution in [3.63, 3.8) is 0 Å². The standard InChI is InChI=1S/C11H11N3/c1-4-8-9-6-5-7-13-11(9)14(3)10(8)12-2/h4-7H,1-2H2,3H3. The Labute approximate surface area is 82.4 Å². The van der Waals surface area contributed by atoms with E-state index in [1.165, 1.54) is 0 Å². The van der Waals surface area contributed by atoms with E-state index in [9.17, 15) is 0 Å². The number of aliphatic imine (C=N–C) groups is 1. The molecular formula is C11H11N3. The second-order valence-corrected chi connectivity index (χ2v) is 3.03. The molecule has 0 aliphatic carbocycles. The largest absolute Gasteiger partial charge is 0.313 e. The second kappa shape index (κ2) is 3.10. The van der Waals surface area contributed by atoms with Gasteiger partial charge in [-0.05, 0) is 18.9 Å². The van der Waals surface area contributed by atoms with Gasteiger partial charge in [-0.15, -0.1) is 0 Å². The number of hydrogen-bond donors (Lipinski definition) is 0. The lowest BCUT2D eigenvalue weighted by atomic mass is 10.2. The molecule has 2 rings (SSSR count). The minimum Gasteiger partial charge on any atom is -0.313 e. The quantitative estimate of drug-likeness (QED) is 0.661. The lowest BCUT2D eigenvalue weighted by Crippen LogP contribution is -1.87. The van der Waals surface area contributed by atoms with Gasteiger partial charge in [-0.3, -0.25) is 0 Å². The highest BCUT2D eigenvalue weighted by molar-refractivity contribution is 5.92. The fraction of sp³-hybridized carbons (Fsp3) is 0.0909. The van der Waals surface area contributed by atoms with Crippen LogP contribution in [0, 0.1) is 0 Å². The van der Waals surface area contributed by atoms with Gasteiger partial charge in [0.05, 0.1) is 0 Å². The van der Waals surface area contributed by atoms with Gasteiger partial charge >= 0.3 is 0 Å². The minimum absolute atomic E-state index is 0.814. The number of rotatable bonds is 2. The molecule has 0 unspecified atom stereocenters. The zero-order valence-corrected chi connectivity index (χ0v) is 8.07. The Balaban J connectivity index is 2.98. The second-order valence-electron chi connectivity index (χ2n) is 3.03. The molecule has 0 atom stereocenters. The molecule has 0 aliphatic rings. The van der Waals surface area contributed by atoms with Gasteiger partial charge in [0.15, 0.2) is 0 Å². The average Bonchev–Trinajstić information content (AvgIpc) is 2.51. The Bertz CT molecular complexity index is 508. The Morgan fingerprint density at radius 1 is 1.57 bits per heavy atom. The van der Waals surface area contributed by atoms with Crippen molar-refractivity contribution in [1.82, 2.24) is 9.55 Å². The summed E-state index contributed by atoms with van der Waals surface area (Å²) in [4.78, 5) is 8.27. The number of aromatic nitrogens is 2. The van der Waals surface area contributed by atoms with Crippen LogP contribution in [0.2, 0.25) is 0 Å². The van der Waals surface area contributed by atoms with Crippen LogP contribution in [-0.4, -0.2) is 16.3 Å². The Morgan fingerprint density at radius 3 is 3.00 bits per heavy atom. The van der Waals surface area contributed by atoms with Crippen LogP contribution in [0.15, 0.2) is 29.9 Å². The third-order valence-electron chi connectivity index (χ3n) is 2.31. The third-order valence-corrected chi connectivity index (χ3v) is 2.31. The summed E-state index contributed by atoms with van der Waals surface area (Å²) in [6.07, 6.45) is 3.55. The molecule has 2 heterocycles. The molecule has 0 aromatic carbocycles. The molecule has 70 valence electrons. The van der Waals surface area contributed by atoms with Crippen LogP contribution in [0.4, 0.5) is 5.82 Å². The maximum atomic E-state index is 4.29.